The minimum Gasteiger partial charge on any atom is -0.381 e. The third kappa shape index (κ3) is 2.18. The van der Waals surface area contributed by atoms with E-state index in [9.17, 15) is 4.79 Å². The van der Waals surface area contributed by atoms with Crippen LogP contribution in [-0.4, -0.2) is 49.9 Å². The Labute approximate surface area is 141 Å². The Morgan fingerprint density at radius 1 is 1.38 bits per heavy atom. The molecule has 0 unspecified atom stereocenters. The van der Waals surface area contributed by atoms with E-state index < -0.39 is 0 Å². The van der Waals surface area contributed by atoms with Crippen LogP contribution in [-0.2, 0) is 30.3 Å². The predicted octanol–water partition coefficient (Wildman–Crippen LogP) is 1.34. The largest absolute Gasteiger partial charge is 0.381 e. The first-order valence-corrected chi connectivity index (χ1v) is 8.58. The van der Waals surface area contributed by atoms with Crippen LogP contribution in [0.3, 0.4) is 0 Å². The molecule has 2 aliphatic heterocycles. The quantitative estimate of drug-likeness (QED) is 0.834. The number of imidazole rings is 1. The van der Waals surface area contributed by atoms with Gasteiger partial charge in [0.2, 0.25) is 0 Å². The molecule has 2 aromatic rings. The second-order valence-electron chi connectivity index (χ2n) is 6.58. The molecule has 1 amide bonds. The normalized spacial score (nSPS) is 19.5. The molecular weight excluding hydrogens is 306 g/mol. The number of hydrogen-bond donors (Lipinski definition) is 0. The summed E-state index contributed by atoms with van der Waals surface area (Å²) >= 11 is 0. The van der Waals surface area contributed by atoms with Crippen molar-refractivity contribution in [3.05, 3.63) is 35.7 Å². The number of aromatic nitrogens is 4. The van der Waals surface area contributed by atoms with Crippen molar-refractivity contribution in [2.75, 3.05) is 19.8 Å². The van der Waals surface area contributed by atoms with Crippen molar-refractivity contribution in [3.63, 3.8) is 0 Å². The Morgan fingerprint density at radius 3 is 2.83 bits per heavy atom. The van der Waals surface area contributed by atoms with Gasteiger partial charge in [0.1, 0.15) is 0 Å². The monoisotopic (exact) mass is 329 g/mol. The van der Waals surface area contributed by atoms with Gasteiger partial charge < -0.3 is 14.2 Å². The molecule has 4 heterocycles. The second kappa shape index (κ2) is 5.73. The molecule has 0 radical (unpaired) electrons. The first-order valence-electron chi connectivity index (χ1n) is 8.58. The summed E-state index contributed by atoms with van der Waals surface area (Å²) in [6.45, 7) is 5.08. The summed E-state index contributed by atoms with van der Waals surface area (Å²) in [7, 11) is 1.83. The van der Waals surface area contributed by atoms with Gasteiger partial charge in [0.25, 0.3) is 5.91 Å². The third-order valence-corrected chi connectivity index (χ3v) is 5.33. The Hall–Kier alpha value is -2.15. The third-order valence-electron chi connectivity index (χ3n) is 5.33. The lowest BCUT2D eigenvalue weighted by molar-refractivity contribution is -0.0297. The van der Waals surface area contributed by atoms with Gasteiger partial charge in [0.15, 0.2) is 0 Å². The summed E-state index contributed by atoms with van der Waals surface area (Å²) in [5, 5.41) is 4.15. The highest BCUT2D eigenvalue weighted by molar-refractivity contribution is 5.94. The van der Waals surface area contributed by atoms with Crippen LogP contribution in [0.5, 0.6) is 0 Å². The van der Waals surface area contributed by atoms with Gasteiger partial charge >= 0.3 is 0 Å². The number of amides is 1. The van der Waals surface area contributed by atoms with E-state index in [-0.39, 0.29) is 11.4 Å². The molecule has 0 aliphatic carbocycles. The van der Waals surface area contributed by atoms with E-state index >= 15 is 0 Å². The molecule has 1 fully saturated rings. The van der Waals surface area contributed by atoms with Gasteiger partial charge in [-0.3, -0.25) is 9.48 Å². The van der Waals surface area contributed by atoms with Crippen molar-refractivity contribution in [2.24, 2.45) is 7.05 Å². The lowest BCUT2D eigenvalue weighted by Crippen LogP contribution is -2.56. The molecule has 4 rings (SSSR count). The van der Waals surface area contributed by atoms with Crippen LogP contribution in [0.25, 0.3) is 0 Å². The standard InChI is InChI=1S/C17H23N5O2/c1-3-21-12-18-15-14(21)4-7-22(17(15)5-8-24-9-6-17)16(23)13-10-19-20(2)11-13/h10-12H,3-9H2,1-2H3. The summed E-state index contributed by atoms with van der Waals surface area (Å²) in [5.74, 6) is 0.0432. The van der Waals surface area contributed by atoms with E-state index in [4.69, 9.17) is 9.72 Å². The maximum atomic E-state index is 13.2. The Balaban J connectivity index is 1.78. The fourth-order valence-electron chi connectivity index (χ4n) is 4.09. The smallest absolute Gasteiger partial charge is 0.257 e. The molecule has 0 N–H and O–H groups in total. The number of carbonyl (C=O) groups excluding carboxylic acids is 1. The zero-order valence-electron chi connectivity index (χ0n) is 14.2. The lowest BCUT2D eigenvalue weighted by atomic mass is 9.80. The van der Waals surface area contributed by atoms with Crippen molar-refractivity contribution in [1.29, 1.82) is 0 Å². The van der Waals surface area contributed by atoms with Crippen LogP contribution in [0.1, 0.15) is 41.5 Å². The molecule has 1 spiro atoms. The zero-order chi connectivity index (χ0) is 16.7. The fraction of sp³-hybridized carbons (Fsp3) is 0.588. The van der Waals surface area contributed by atoms with E-state index in [1.54, 1.807) is 17.1 Å². The van der Waals surface area contributed by atoms with Crippen molar-refractivity contribution in [1.82, 2.24) is 24.2 Å². The molecule has 0 bridgehead atoms. The summed E-state index contributed by atoms with van der Waals surface area (Å²) in [6.07, 6.45) is 7.79. The topological polar surface area (TPSA) is 65.2 Å². The van der Waals surface area contributed by atoms with Gasteiger partial charge in [-0.25, -0.2) is 4.98 Å². The maximum absolute atomic E-state index is 13.2. The lowest BCUT2D eigenvalue weighted by Gasteiger charge is -2.48. The highest BCUT2D eigenvalue weighted by Crippen LogP contribution is 2.43. The van der Waals surface area contributed by atoms with Crippen LogP contribution in [0, 0.1) is 0 Å². The summed E-state index contributed by atoms with van der Waals surface area (Å²) in [6, 6.07) is 0. The molecule has 2 aromatic heterocycles. The average Bonchev–Trinajstić information content (AvgIpc) is 3.22. The predicted molar refractivity (Wildman–Crippen MR) is 87.6 cm³/mol. The van der Waals surface area contributed by atoms with E-state index in [0.717, 1.165) is 31.5 Å². The number of aryl methyl sites for hydroxylation is 2. The number of nitrogens with zero attached hydrogens (tertiary/aromatic N) is 5. The Kier molecular flexibility index (Phi) is 3.68. The Morgan fingerprint density at radius 2 is 2.17 bits per heavy atom. The first-order chi connectivity index (χ1) is 11.7. The van der Waals surface area contributed by atoms with Crippen molar-refractivity contribution >= 4 is 5.91 Å². The summed E-state index contributed by atoms with van der Waals surface area (Å²) in [4.78, 5) is 19.9. The second-order valence-corrected chi connectivity index (χ2v) is 6.58. The number of carbonyl (C=O) groups is 1. The zero-order valence-corrected chi connectivity index (χ0v) is 14.2. The van der Waals surface area contributed by atoms with Crippen LogP contribution < -0.4 is 0 Å². The van der Waals surface area contributed by atoms with Crippen LogP contribution in [0.4, 0.5) is 0 Å². The molecule has 2 aliphatic rings. The molecule has 7 heteroatoms. The van der Waals surface area contributed by atoms with Crippen molar-refractivity contribution in [2.45, 2.75) is 38.3 Å². The molecular formula is C17H23N5O2. The van der Waals surface area contributed by atoms with E-state index in [1.165, 1.54) is 5.69 Å². The van der Waals surface area contributed by atoms with Gasteiger partial charge in [0.05, 0.1) is 29.3 Å². The molecule has 1 saturated heterocycles. The van der Waals surface area contributed by atoms with Crippen LogP contribution >= 0.6 is 0 Å². The highest BCUT2D eigenvalue weighted by atomic mass is 16.5. The molecule has 7 nitrogen and oxygen atoms in total. The minimum atomic E-state index is -0.348. The molecule has 24 heavy (non-hydrogen) atoms. The maximum Gasteiger partial charge on any atom is 0.257 e. The average molecular weight is 329 g/mol. The van der Waals surface area contributed by atoms with Gasteiger partial charge in [0, 0.05) is 51.7 Å². The summed E-state index contributed by atoms with van der Waals surface area (Å²) < 4.78 is 9.47. The number of hydrogen-bond acceptors (Lipinski definition) is 4. The van der Waals surface area contributed by atoms with E-state index in [0.29, 0.717) is 25.3 Å². The summed E-state index contributed by atoms with van der Waals surface area (Å²) in [5.41, 5.74) is 2.63. The molecule has 0 atom stereocenters. The van der Waals surface area contributed by atoms with Gasteiger partial charge in [-0.15, -0.1) is 0 Å². The number of rotatable bonds is 2. The van der Waals surface area contributed by atoms with Crippen molar-refractivity contribution in [3.8, 4) is 0 Å². The molecule has 0 aromatic carbocycles. The number of fused-ring (bicyclic) bond motifs is 2. The van der Waals surface area contributed by atoms with E-state index in [2.05, 4.69) is 16.6 Å². The fourth-order valence-corrected chi connectivity index (χ4v) is 4.09. The van der Waals surface area contributed by atoms with Crippen LogP contribution in [0.2, 0.25) is 0 Å². The Bertz CT molecular complexity index is 757. The van der Waals surface area contributed by atoms with E-state index in [1.807, 2.05) is 18.3 Å². The van der Waals surface area contributed by atoms with Gasteiger partial charge in [-0.05, 0) is 19.8 Å². The van der Waals surface area contributed by atoms with Crippen molar-refractivity contribution < 1.29 is 9.53 Å². The van der Waals surface area contributed by atoms with Gasteiger partial charge in [-0.2, -0.15) is 5.10 Å². The highest BCUT2D eigenvalue weighted by Gasteiger charge is 2.48. The minimum absolute atomic E-state index is 0.0432. The first kappa shape index (κ1) is 15.4. The molecule has 128 valence electrons. The SMILES string of the molecule is CCn1cnc2c1CCN(C(=O)c1cnn(C)c1)C21CCOCC1. The van der Waals surface area contributed by atoms with Crippen LogP contribution in [0.15, 0.2) is 18.7 Å². The van der Waals surface area contributed by atoms with Gasteiger partial charge in [-0.1, -0.05) is 0 Å². The number of ether oxygens (including phenoxy) is 1. The molecule has 0 saturated carbocycles.